The number of aromatic nitrogens is 3. The quantitative estimate of drug-likeness (QED) is 0.203. The predicted octanol–water partition coefficient (Wildman–Crippen LogP) is 5.58. The van der Waals surface area contributed by atoms with Crippen LogP contribution in [0.2, 0.25) is 0 Å². The van der Waals surface area contributed by atoms with E-state index in [1.807, 2.05) is 18.2 Å². The molecule has 6 rings (SSSR count). The van der Waals surface area contributed by atoms with Gasteiger partial charge in [-0.1, -0.05) is 25.4 Å². The fourth-order valence-electron chi connectivity index (χ4n) is 5.05. The van der Waals surface area contributed by atoms with Gasteiger partial charge >= 0.3 is 0 Å². The molecule has 8 heteroatoms. The van der Waals surface area contributed by atoms with E-state index in [1.54, 1.807) is 37.7 Å². The van der Waals surface area contributed by atoms with Crippen LogP contribution >= 0.6 is 0 Å². The van der Waals surface area contributed by atoms with Gasteiger partial charge in [0.15, 0.2) is 0 Å². The summed E-state index contributed by atoms with van der Waals surface area (Å²) < 4.78 is 9.38. The number of hydrogen-bond donors (Lipinski definition) is 1. The topological polar surface area (TPSA) is 83.4 Å². The van der Waals surface area contributed by atoms with Crippen molar-refractivity contribution < 1.29 is 35.7 Å². The van der Waals surface area contributed by atoms with E-state index >= 15 is 0 Å². The number of allylic oxidation sites excluding steroid dienone is 4. The minimum atomic E-state index is -0.258. The number of rotatable bonds is 5. The zero-order valence-electron chi connectivity index (χ0n) is 19.2. The van der Waals surface area contributed by atoms with Gasteiger partial charge in [-0.3, -0.25) is 9.36 Å². The second-order valence-electron chi connectivity index (χ2n) is 8.69. The first-order chi connectivity index (χ1) is 16.5. The second kappa shape index (κ2) is 8.77. The van der Waals surface area contributed by atoms with Crippen molar-refractivity contribution in [2.24, 2.45) is 0 Å². The molecule has 0 amide bonds. The van der Waals surface area contributed by atoms with Gasteiger partial charge < -0.3 is 24.7 Å². The Kier molecular flexibility index (Phi) is 5.89. The van der Waals surface area contributed by atoms with Gasteiger partial charge in [-0.2, -0.15) is 0 Å². The number of fused-ring (bicyclic) bond motifs is 3. The molecule has 0 radical (unpaired) electrons. The SMILES string of the molecule is C=C/C=C(\C=C)n1cc(OC)c2cc3c(cc2c1=O)-c1cn(C2CC(O)C2)c2ccnc(c12)[N-]3.[Hf]. The van der Waals surface area contributed by atoms with E-state index in [-0.39, 0.29) is 43.5 Å². The van der Waals surface area contributed by atoms with Crippen LogP contribution in [-0.2, 0) is 25.8 Å². The molecule has 0 bridgehead atoms. The molecule has 0 unspecified atom stereocenters. The molecule has 1 aliphatic heterocycles. The van der Waals surface area contributed by atoms with Gasteiger partial charge in [-0.25, -0.2) is 0 Å². The molecule has 4 heterocycles. The normalized spacial score (nSPS) is 18.3. The number of nitrogens with zero attached hydrogens (tertiary/aromatic N) is 4. The number of pyridine rings is 2. The first-order valence-electron chi connectivity index (χ1n) is 11.2. The van der Waals surface area contributed by atoms with Crippen molar-refractivity contribution in [1.29, 1.82) is 0 Å². The van der Waals surface area contributed by atoms with E-state index in [0.717, 1.165) is 40.6 Å². The zero-order valence-corrected chi connectivity index (χ0v) is 22.8. The summed E-state index contributed by atoms with van der Waals surface area (Å²) in [4.78, 5) is 18.1. The van der Waals surface area contributed by atoms with Crippen molar-refractivity contribution in [3.8, 4) is 16.9 Å². The smallest absolute Gasteiger partial charge is 0.263 e. The van der Waals surface area contributed by atoms with E-state index in [2.05, 4.69) is 28.9 Å². The van der Waals surface area contributed by atoms with Gasteiger partial charge in [0.05, 0.1) is 24.8 Å². The molecule has 174 valence electrons. The van der Waals surface area contributed by atoms with Crippen molar-refractivity contribution in [1.82, 2.24) is 14.1 Å². The van der Waals surface area contributed by atoms with Gasteiger partial charge in [-0.15, -0.1) is 0 Å². The molecule has 0 spiro atoms. The van der Waals surface area contributed by atoms with Crippen LogP contribution in [-0.4, -0.2) is 32.4 Å². The van der Waals surface area contributed by atoms with Crippen molar-refractivity contribution >= 4 is 38.9 Å². The largest absolute Gasteiger partial charge is 0.495 e. The number of aliphatic hydroxyl groups is 1. The first kappa shape index (κ1) is 23.5. The molecular formula is C27H23HfN4O3-. The van der Waals surface area contributed by atoms with E-state index in [1.165, 1.54) is 4.57 Å². The van der Waals surface area contributed by atoms with Crippen LogP contribution in [0.3, 0.4) is 0 Å². The fourth-order valence-corrected chi connectivity index (χ4v) is 5.05. The Labute approximate surface area is 220 Å². The summed E-state index contributed by atoms with van der Waals surface area (Å²) in [6.07, 6.45) is 11.7. The van der Waals surface area contributed by atoms with Gasteiger partial charge in [0.25, 0.3) is 5.56 Å². The summed E-state index contributed by atoms with van der Waals surface area (Å²) in [7, 11) is 1.58. The third-order valence-electron chi connectivity index (χ3n) is 6.82. The molecule has 4 aromatic rings. The van der Waals surface area contributed by atoms with Gasteiger partial charge in [0.1, 0.15) is 5.75 Å². The molecule has 1 aliphatic carbocycles. The first-order valence-corrected chi connectivity index (χ1v) is 11.2. The summed E-state index contributed by atoms with van der Waals surface area (Å²) in [5, 5.41) is 16.9. The van der Waals surface area contributed by atoms with Crippen LogP contribution in [0.15, 0.2) is 73.0 Å². The average molecular weight is 630 g/mol. The van der Waals surface area contributed by atoms with E-state index in [4.69, 9.17) is 10.1 Å². The average Bonchev–Trinajstić information content (AvgIpc) is 3.21. The minimum Gasteiger partial charge on any atom is -0.495 e. The van der Waals surface area contributed by atoms with Gasteiger partial charge in [-0.05, 0) is 60.3 Å². The molecule has 1 N–H and O–H groups in total. The van der Waals surface area contributed by atoms with E-state index in [9.17, 15) is 9.90 Å². The van der Waals surface area contributed by atoms with Crippen LogP contribution in [0, 0.1) is 0 Å². The van der Waals surface area contributed by atoms with Crippen molar-refractivity contribution in [2.45, 2.75) is 25.0 Å². The Hall–Kier alpha value is -3.23. The Morgan fingerprint density at radius 3 is 2.71 bits per heavy atom. The van der Waals surface area contributed by atoms with E-state index < -0.39 is 0 Å². The monoisotopic (exact) mass is 631 g/mol. The molecule has 1 saturated carbocycles. The maximum atomic E-state index is 13.6. The summed E-state index contributed by atoms with van der Waals surface area (Å²) in [6, 6.07) is 6.02. The number of aliphatic hydroxyl groups excluding tert-OH is 1. The van der Waals surface area contributed by atoms with Crippen LogP contribution in [0.4, 0.5) is 11.5 Å². The number of hydrogen-bond acceptors (Lipinski definition) is 4. The Bertz CT molecular complexity index is 1610. The maximum Gasteiger partial charge on any atom is 0.263 e. The van der Waals surface area contributed by atoms with Crippen LogP contribution in [0.1, 0.15) is 18.9 Å². The standard InChI is InChI=1S/C27H24N4O3.Hf/c1-4-6-15(5-2)31-14-24(34-3)19-12-22-18(11-20(19)27(31)33)21-13-30(16-9-17(32)10-16)23-7-8-28-26(29-22)25(21)23;/h4-8,11-14,16-17,32H,1-2,9-10H2,3H3,(H,28,29,33);/p-1/b15-6+;. The van der Waals surface area contributed by atoms with Crippen LogP contribution < -0.4 is 10.3 Å². The third-order valence-corrected chi connectivity index (χ3v) is 6.82. The zero-order chi connectivity index (χ0) is 23.6. The Balaban J connectivity index is 0.00000253. The Morgan fingerprint density at radius 1 is 1.23 bits per heavy atom. The molecule has 3 aromatic heterocycles. The van der Waals surface area contributed by atoms with E-state index in [0.29, 0.717) is 28.0 Å². The van der Waals surface area contributed by atoms with Crippen molar-refractivity contribution in [2.75, 3.05) is 7.11 Å². The second-order valence-corrected chi connectivity index (χ2v) is 8.69. The molecule has 0 saturated heterocycles. The summed E-state index contributed by atoms with van der Waals surface area (Å²) in [5.74, 6) is 1.22. The Morgan fingerprint density at radius 2 is 2.03 bits per heavy atom. The molecule has 7 nitrogen and oxygen atoms in total. The number of benzene rings is 1. The molecule has 2 aliphatic rings. The molecule has 35 heavy (non-hydrogen) atoms. The maximum absolute atomic E-state index is 13.6. The van der Waals surface area contributed by atoms with Gasteiger partial charge in [0, 0.05) is 65.6 Å². The van der Waals surface area contributed by atoms with Crippen molar-refractivity contribution in [3.05, 3.63) is 83.8 Å². The molecule has 1 aromatic carbocycles. The van der Waals surface area contributed by atoms with Crippen LogP contribution in [0.5, 0.6) is 5.75 Å². The summed E-state index contributed by atoms with van der Waals surface area (Å²) >= 11 is 0. The molecule has 0 atom stereocenters. The van der Waals surface area contributed by atoms with Gasteiger partial charge in [0.2, 0.25) is 0 Å². The van der Waals surface area contributed by atoms with Crippen LogP contribution in [0.25, 0.3) is 43.8 Å². The third kappa shape index (κ3) is 3.46. The summed E-state index contributed by atoms with van der Waals surface area (Å²) in [5.41, 5.74) is 4.08. The molecular weight excluding hydrogens is 607 g/mol. The molecule has 1 fully saturated rings. The minimum absolute atomic E-state index is 0. The number of methoxy groups -OCH3 is 1. The summed E-state index contributed by atoms with van der Waals surface area (Å²) in [6.45, 7) is 7.57. The predicted molar refractivity (Wildman–Crippen MR) is 135 cm³/mol. The fraction of sp³-hybridized carbons (Fsp3) is 0.185. The van der Waals surface area contributed by atoms with Crippen molar-refractivity contribution in [3.63, 3.8) is 0 Å². The number of ether oxygens (including phenoxy) is 1.